The van der Waals surface area contributed by atoms with E-state index in [-0.39, 0.29) is 11.8 Å². The maximum Gasteiger partial charge on any atom is 0.251 e. The monoisotopic (exact) mass is 320 g/mol. The molecule has 1 unspecified atom stereocenters. The molecule has 1 saturated heterocycles. The standard InChI is InChI=1S/C16H24N2O3Si/c1-12(19)18-9-8-13(11-18)10-17-16(20)14-4-6-15(7-5-14)22(2,3)21/h4-7,13,21H,8-11H2,1-3H3,(H,17,20). The average Bonchev–Trinajstić information content (AvgIpc) is 2.93. The van der Waals surface area contributed by atoms with Crippen molar-refractivity contribution in [1.29, 1.82) is 0 Å². The molecule has 1 fully saturated rings. The minimum Gasteiger partial charge on any atom is -0.428 e. The molecule has 1 aliphatic rings. The van der Waals surface area contributed by atoms with Gasteiger partial charge in [0.05, 0.1) is 0 Å². The second-order valence-corrected chi connectivity index (χ2v) is 10.2. The molecule has 0 bridgehead atoms. The van der Waals surface area contributed by atoms with Crippen LogP contribution in [0.1, 0.15) is 23.7 Å². The third-order valence-electron chi connectivity index (χ3n) is 4.14. The van der Waals surface area contributed by atoms with E-state index < -0.39 is 8.32 Å². The van der Waals surface area contributed by atoms with Gasteiger partial charge in [0.25, 0.3) is 5.91 Å². The van der Waals surface area contributed by atoms with E-state index in [0.717, 1.165) is 24.7 Å². The Morgan fingerprint density at radius 1 is 1.32 bits per heavy atom. The van der Waals surface area contributed by atoms with Gasteiger partial charge in [-0.05, 0) is 42.8 Å². The Balaban J connectivity index is 1.87. The third-order valence-corrected chi connectivity index (χ3v) is 5.88. The molecule has 2 amide bonds. The molecule has 1 atom stereocenters. The summed E-state index contributed by atoms with van der Waals surface area (Å²) in [4.78, 5) is 35.3. The van der Waals surface area contributed by atoms with Gasteiger partial charge in [-0.15, -0.1) is 0 Å². The van der Waals surface area contributed by atoms with Crippen molar-refractivity contribution < 1.29 is 14.4 Å². The summed E-state index contributed by atoms with van der Waals surface area (Å²) in [6, 6.07) is 7.17. The molecular weight excluding hydrogens is 296 g/mol. The lowest BCUT2D eigenvalue weighted by atomic mass is 10.1. The number of nitrogens with zero attached hydrogens (tertiary/aromatic N) is 1. The first-order valence-electron chi connectivity index (χ1n) is 7.64. The molecular formula is C16H24N2O3Si. The summed E-state index contributed by atoms with van der Waals surface area (Å²) in [5.74, 6) is 0.321. The van der Waals surface area contributed by atoms with Crippen LogP contribution in [0.3, 0.4) is 0 Å². The van der Waals surface area contributed by atoms with Crippen LogP contribution in [0.25, 0.3) is 0 Å². The molecule has 0 radical (unpaired) electrons. The highest BCUT2D eigenvalue weighted by Crippen LogP contribution is 2.15. The fourth-order valence-electron chi connectivity index (χ4n) is 2.65. The molecule has 2 rings (SSSR count). The minimum absolute atomic E-state index is 0.0974. The first-order valence-corrected chi connectivity index (χ1v) is 10.6. The van der Waals surface area contributed by atoms with Gasteiger partial charge in [0.1, 0.15) is 0 Å². The predicted molar refractivity (Wildman–Crippen MR) is 88.5 cm³/mol. The summed E-state index contributed by atoms with van der Waals surface area (Å²) in [5, 5.41) is 3.84. The van der Waals surface area contributed by atoms with Crippen molar-refractivity contribution >= 4 is 25.3 Å². The smallest absolute Gasteiger partial charge is 0.251 e. The third kappa shape index (κ3) is 4.17. The maximum atomic E-state index is 12.1. The summed E-state index contributed by atoms with van der Waals surface area (Å²) in [7, 11) is -2.32. The topological polar surface area (TPSA) is 69.6 Å². The van der Waals surface area contributed by atoms with E-state index in [9.17, 15) is 14.4 Å². The van der Waals surface area contributed by atoms with Crippen molar-refractivity contribution in [2.24, 2.45) is 5.92 Å². The Morgan fingerprint density at radius 3 is 2.45 bits per heavy atom. The molecule has 1 aromatic rings. The number of hydrogen-bond donors (Lipinski definition) is 2. The number of hydrogen-bond acceptors (Lipinski definition) is 3. The zero-order valence-electron chi connectivity index (χ0n) is 13.4. The molecule has 5 nitrogen and oxygen atoms in total. The molecule has 1 aliphatic heterocycles. The Labute approximate surface area is 132 Å². The molecule has 0 spiro atoms. The number of rotatable bonds is 4. The SMILES string of the molecule is CC(=O)N1CCC(CNC(=O)c2ccc([Si](C)(C)O)cc2)C1. The van der Waals surface area contributed by atoms with Gasteiger partial charge in [0.15, 0.2) is 0 Å². The first kappa shape index (κ1) is 16.7. The summed E-state index contributed by atoms with van der Waals surface area (Å²) in [6.45, 7) is 7.37. The van der Waals surface area contributed by atoms with Crippen molar-refractivity contribution in [3.63, 3.8) is 0 Å². The van der Waals surface area contributed by atoms with Gasteiger partial charge < -0.3 is 15.0 Å². The second-order valence-electron chi connectivity index (χ2n) is 6.47. The van der Waals surface area contributed by atoms with Crippen LogP contribution in [0.4, 0.5) is 0 Å². The normalized spacial score (nSPS) is 18.4. The van der Waals surface area contributed by atoms with Gasteiger partial charge in [-0.25, -0.2) is 0 Å². The summed E-state index contributed by atoms with van der Waals surface area (Å²) < 4.78 is 0. The largest absolute Gasteiger partial charge is 0.428 e. The van der Waals surface area contributed by atoms with Crippen LogP contribution in [-0.2, 0) is 4.79 Å². The lowest BCUT2D eigenvalue weighted by Gasteiger charge is -2.16. The first-order chi connectivity index (χ1) is 10.3. The lowest BCUT2D eigenvalue weighted by Crippen LogP contribution is -2.41. The zero-order chi connectivity index (χ0) is 16.3. The van der Waals surface area contributed by atoms with E-state index in [2.05, 4.69) is 5.32 Å². The van der Waals surface area contributed by atoms with Gasteiger partial charge in [-0.3, -0.25) is 9.59 Å². The number of carbonyl (C=O) groups excluding carboxylic acids is 2. The van der Waals surface area contributed by atoms with Gasteiger partial charge in [-0.2, -0.15) is 0 Å². The lowest BCUT2D eigenvalue weighted by molar-refractivity contribution is -0.127. The summed E-state index contributed by atoms with van der Waals surface area (Å²) >= 11 is 0. The summed E-state index contributed by atoms with van der Waals surface area (Å²) in [5.41, 5.74) is 0.600. The molecule has 0 aromatic heterocycles. The Bertz CT molecular complexity index is 552. The van der Waals surface area contributed by atoms with E-state index in [0.29, 0.717) is 18.0 Å². The molecule has 2 N–H and O–H groups in total. The Hall–Kier alpha value is -1.66. The van der Waals surface area contributed by atoms with Crippen LogP contribution in [-0.4, -0.2) is 49.5 Å². The van der Waals surface area contributed by atoms with E-state index in [1.54, 1.807) is 19.1 Å². The van der Waals surface area contributed by atoms with Crippen molar-refractivity contribution in [2.75, 3.05) is 19.6 Å². The quantitative estimate of drug-likeness (QED) is 0.802. The number of nitrogens with one attached hydrogen (secondary N) is 1. The molecule has 22 heavy (non-hydrogen) atoms. The highest BCUT2D eigenvalue weighted by atomic mass is 28.4. The number of amides is 2. The second kappa shape index (κ2) is 6.62. The van der Waals surface area contributed by atoms with Crippen LogP contribution in [0.2, 0.25) is 13.1 Å². The van der Waals surface area contributed by atoms with Gasteiger partial charge in [0.2, 0.25) is 14.2 Å². The van der Waals surface area contributed by atoms with Gasteiger partial charge in [-0.1, -0.05) is 12.1 Å². The van der Waals surface area contributed by atoms with Crippen molar-refractivity contribution in [2.45, 2.75) is 26.4 Å². The van der Waals surface area contributed by atoms with E-state index in [4.69, 9.17) is 0 Å². The predicted octanol–water partition coefficient (Wildman–Crippen LogP) is 0.689. The molecule has 0 aliphatic carbocycles. The van der Waals surface area contributed by atoms with E-state index in [1.807, 2.05) is 30.1 Å². The minimum atomic E-state index is -2.32. The van der Waals surface area contributed by atoms with Crippen molar-refractivity contribution in [3.05, 3.63) is 29.8 Å². The number of carbonyl (C=O) groups is 2. The van der Waals surface area contributed by atoms with Gasteiger partial charge in [0, 0.05) is 32.1 Å². The molecule has 6 heteroatoms. The van der Waals surface area contributed by atoms with Crippen molar-refractivity contribution in [1.82, 2.24) is 10.2 Å². The van der Waals surface area contributed by atoms with Gasteiger partial charge >= 0.3 is 0 Å². The highest BCUT2D eigenvalue weighted by molar-refractivity contribution is 6.83. The Kier molecular flexibility index (Phi) is 5.03. The van der Waals surface area contributed by atoms with E-state index >= 15 is 0 Å². The molecule has 1 heterocycles. The van der Waals surface area contributed by atoms with Crippen LogP contribution in [0.5, 0.6) is 0 Å². The molecule has 0 saturated carbocycles. The number of likely N-dealkylation sites (tertiary alicyclic amines) is 1. The average molecular weight is 320 g/mol. The van der Waals surface area contributed by atoms with Crippen LogP contribution >= 0.6 is 0 Å². The molecule has 120 valence electrons. The highest BCUT2D eigenvalue weighted by Gasteiger charge is 2.24. The Morgan fingerprint density at radius 2 is 1.95 bits per heavy atom. The fourth-order valence-corrected chi connectivity index (χ4v) is 3.64. The molecule has 1 aromatic carbocycles. The summed E-state index contributed by atoms with van der Waals surface area (Å²) in [6.07, 6.45) is 0.934. The fraction of sp³-hybridized carbons (Fsp3) is 0.500. The van der Waals surface area contributed by atoms with Crippen LogP contribution in [0.15, 0.2) is 24.3 Å². The zero-order valence-corrected chi connectivity index (χ0v) is 14.4. The van der Waals surface area contributed by atoms with Crippen LogP contribution in [0, 0.1) is 5.92 Å². The van der Waals surface area contributed by atoms with Crippen LogP contribution < -0.4 is 10.5 Å². The van der Waals surface area contributed by atoms with E-state index in [1.165, 1.54) is 0 Å². The van der Waals surface area contributed by atoms with Crippen molar-refractivity contribution in [3.8, 4) is 0 Å². The number of benzene rings is 1. The maximum absolute atomic E-state index is 12.1.